The summed E-state index contributed by atoms with van der Waals surface area (Å²) < 4.78 is 67.1. The SMILES string of the molecule is CCNC(=NCc1cc(F)ccc1F)NCCS(=O)(=O)Nc1ccc(C)c(F)c1.I. The Balaban J connectivity index is 0.00000450. The Labute approximate surface area is 191 Å². The molecular formula is C19H24F3IN4O2S. The third-order valence-electron chi connectivity index (χ3n) is 3.87. The van der Waals surface area contributed by atoms with Gasteiger partial charge in [0.1, 0.15) is 17.5 Å². The van der Waals surface area contributed by atoms with Crippen LogP contribution in [0, 0.1) is 24.4 Å². The lowest BCUT2D eigenvalue weighted by atomic mass is 10.2. The van der Waals surface area contributed by atoms with E-state index in [1.54, 1.807) is 6.92 Å². The number of benzene rings is 2. The molecule has 0 amide bonds. The molecule has 0 fully saturated rings. The lowest BCUT2D eigenvalue weighted by Gasteiger charge is -2.13. The molecule has 0 aromatic heterocycles. The molecule has 0 bridgehead atoms. The topological polar surface area (TPSA) is 82.6 Å². The number of sulfonamides is 1. The van der Waals surface area contributed by atoms with Crippen LogP contribution in [0.1, 0.15) is 18.1 Å². The molecule has 30 heavy (non-hydrogen) atoms. The van der Waals surface area contributed by atoms with Crippen LogP contribution < -0.4 is 15.4 Å². The molecule has 3 N–H and O–H groups in total. The Morgan fingerprint density at radius 3 is 2.43 bits per heavy atom. The molecule has 0 unspecified atom stereocenters. The van der Waals surface area contributed by atoms with E-state index in [4.69, 9.17) is 0 Å². The standard InChI is InChI=1S/C19H23F3N4O2S.HI/c1-3-23-19(25-12-14-10-15(20)5-7-17(14)21)24-8-9-29(27,28)26-16-6-4-13(2)18(22)11-16;/h4-7,10-11,26H,3,8-9,12H2,1-2H3,(H2,23,24,25);1H. The van der Waals surface area contributed by atoms with Crippen molar-refractivity contribution in [2.75, 3.05) is 23.6 Å². The van der Waals surface area contributed by atoms with Gasteiger partial charge in [-0.1, -0.05) is 6.07 Å². The van der Waals surface area contributed by atoms with Gasteiger partial charge in [-0.2, -0.15) is 0 Å². The maximum atomic E-state index is 13.7. The first-order chi connectivity index (χ1) is 13.7. The Kier molecular flexibility index (Phi) is 10.4. The van der Waals surface area contributed by atoms with Crippen molar-refractivity contribution < 1.29 is 21.6 Å². The summed E-state index contributed by atoms with van der Waals surface area (Å²) in [5.74, 6) is -1.70. The van der Waals surface area contributed by atoms with Crippen LogP contribution >= 0.6 is 24.0 Å². The number of hydrogen-bond acceptors (Lipinski definition) is 3. The Hall–Kier alpha value is -2.02. The van der Waals surface area contributed by atoms with Crippen LogP contribution in [0.5, 0.6) is 0 Å². The third kappa shape index (κ3) is 8.38. The summed E-state index contributed by atoms with van der Waals surface area (Å²) in [4.78, 5) is 4.13. The molecule has 0 saturated carbocycles. The van der Waals surface area contributed by atoms with Crippen LogP contribution in [0.15, 0.2) is 41.4 Å². The number of halogens is 4. The second-order valence-electron chi connectivity index (χ2n) is 6.24. The van der Waals surface area contributed by atoms with Gasteiger partial charge in [0.05, 0.1) is 18.0 Å². The van der Waals surface area contributed by atoms with Crippen molar-refractivity contribution in [3.63, 3.8) is 0 Å². The smallest absolute Gasteiger partial charge is 0.234 e. The monoisotopic (exact) mass is 556 g/mol. The summed E-state index contributed by atoms with van der Waals surface area (Å²) in [5.41, 5.74) is 0.629. The number of nitrogens with one attached hydrogen (secondary N) is 3. The lowest BCUT2D eigenvalue weighted by molar-refractivity contribution is 0.585. The van der Waals surface area contributed by atoms with Crippen molar-refractivity contribution in [1.82, 2.24) is 10.6 Å². The largest absolute Gasteiger partial charge is 0.357 e. The van der Waals surface area contributed by atoms with E-state index in [-0.39, 0.29) is 60.0 Å². The van der Waals surface area contributed by atoms with Crippen LogP contribution in [0.4, 0.5) is 18.9 Å². The van der Waals surface area contributed by atoms with E-state index in [9.17, 15) is 21.6 Å². The molecule has 166 valence electrons. The number of rotatable bonds is 8. The molecule has 0 aliphatic carbocycles. The minimum Gasteiger partial charge on any atom is -0.357 e. The fourth-order valence-electron chi connectivity index (χ4n) is 2.36. The third-order valence-corrected chi connectivity index (χ3v) is 5.16. The van der Waals surface area contributed by atoms with Crippen molar-refractivity contribution in [2.45, 2.75) is 20.4 Å². The molecule has 2 rings (SSSR count). The summed E-state index contributed by atoms with van der Waals surface area (Å²) in [6, 6.07) is 7.16. The number of anilines is 1. The van der Waals surface area contributed by atoms with Gasteiger partial charge in [0.2, 0.25) is 10.0 Å². The number of hydrogen-bond donors (Lipinski definition) is 3. The summed E-state index contributed by atoms with van der Waals surface area (Å²) >= 11 is 0. The number of aryl methyl sites for hydroxylation is 1. The van der Waals surface area contributed by atoms with E-state index in [0.29, 0.717) is 12.1 Å². The van der Waals surface area contributed by atoms with Gasteiger partial charge in [-0.05, 0) is 49.7 Å². The van der Waals surface area contributed by atoms with Gasteiger partial charge in [-0.3, -0.25) is 4.72 Å². The summed E-state index contributed by atoms with van der Waals surface area (Å²) in [7, 11) is -3.73. The zero-order valence-electron chi connectivity index (χ0n) is 16.5. The molecule has 11 heteroatoms. The van der Waals surface area contributed by atoms with E-state index in [1.807, 2.05) is 6.92 Å². The zero-order valence-corrected chi connectivity index (χ0v) is 19.7. The minimum absolute atomic E-state index is 0. The van der Waals surface area contributed by atoms with Crippen molar-refractivity contribution in [3.05, 3.63) is 65.0 Å². The van der Waals surface area contributed by atoms with Crippen molar-refractivity contribution in [1.29, 1.82) is 0 Å². The van der Waals surface area contributed by atoms with Gasteiger partial charge in [0, 0.05) is 18.7 Å². The van der Waals surface area contributed by atoms with Gasteiger partial charge >= 0.3 is 0 Å². The molecule has 2 aromatic rings. The van der Waals surface area contributed by atoms with Crippen LogP contribution in [-0.2, 0) is 16.6 Å². The second kappa shape index (κ2) is 12.0. The van der Waals surface area contributed by atoms with Crippen LogP contribution in [-0.4, -0.2) is 33.2 Å². The molecule has 6 nitrogen and oxygen atoms in total. The van der Waals surface area contributed by atoms with E-state index < -0.39 is 27.5 Å². The first kappa shape index (κ1) is 26.0. The maximum absolute atomic E-state index is 13.7. The molecule has 0 saturated heterocycles. The highest BCUT2D eigenvalue weighted by atomic mass is 127. The normalized spacial score (nSPS) is 11.6. The summed E-state index contributed by atoms with van der Waals surface area (Å²) in [6.07, 6.45) is 0. The summed E-state index contributed by atoms with van der Waals surface area (Å²) in [5, 5.41) is 5.71. The first-order valence-corrected chi connectivity index (χ1v) is 10.6. The highest BCUT2D eigenvalue weighted by Crippen LogP contribution is 2.15. The van der Waals surface area contributed by atoms with E-state index >= 15 is 0 Å². The maximum Gasteiger partial charge on any atom is 0.234 e. The quantitative estimate of drug-likeness (QED) is 0.264. The molecular weight excluding hydrogens is 532 g/mol. The van der Waals surface area contributed by atoms with Crippen LogP contribution in [0.2, 0.25) is 0 Å². The van der Waals surface area contributed by atoms with Crippen LogP contribution in [0.25, 0.3) is 0 Å². The van der Waals surface area contributed by atoms with Crippen LogP contribution in [0.3, 0.4) is 0 Å². The van der Waals surface area contributed by atoms with Gasteiger partial charge in [0.15, 0.2) is 5.96 Å². The molecule has 0 aliphatic heterocycles. The number of guanidine groups is 1. The summed E-state index contributed by atoms with van der Waals surface area (Å²) in [6.45, 7) is 3.76. The van der Waals surface area contributed by atoms with Crippen molar-refractivity contribution in [3.8, 4) is 0 Å². The molecule has 0 heterocycles. The molecule has 0 radical (unpaired) electrons. The van der Waals surface area contributed by atoms with Gasteiger partial charge in [-0.25, -0.2) is 26.6 Å². The number of nitrogens with zero attached hydrogens (tertiary/aromatic N) is 1. The molecule has 0 aliphatic rings. The minimum atomic E-state index is -3.73. The Morgan fingerprint density at radius 1 is 1.03 bits per heavy atom. The molecule has 0 atom stereocenters. The predicted molar refractivity (Wildman–Crippen MR) is 123 cm³/mol. The van der Waals surface area contributed by atoms with Crippen molar-refractivity contribution in [2.24, 2.45) is 4.99 Å². The van der Waals surface area contributed by atoms with Gasteiger partial charge < -0.3 is 10.6 Å². The van der Waals surface area contributed by atoms with E-state index in [1.165, 1.54) is 12.1 Å². The van der Waals surface area contributed by atoms with Gasteiger partial charge in [0.25, 0.3) is 0 Å². The average molecular weight is 556 g/mol. The van der Waals surface area contributed by atoms with Crippen molar-refractivity contribution >= 4 is 45.6 Å². The Bertz CT molecular complexity index is 988. The van der Waals surface area contributed by atoms with E-state index in [2.05, 4.69) is 20.3 Å². The van der Waals surface area contributed by atoms with E-state index in [0.717, 1.165) is 24.3 Å². The fourth-order valence-corrected chi connectivity index (χ4v) is 3.32. The first-order valence-electron chi connectivity index (χ1n) is 8.93. The highest BCUT2D eigenvalue weighted by molar-refractivity contribution is 14.0. The zero-order chi connectivity index (χ0) is 21.4. The highest BCUT2D eigenvalue weighted by Gasteiger charge is 2.12. The Morgan fingerprint density at radius 2 is 1.77 bits per heavy atom. The lowest BCUT2D eigenvalue weighted by Crippen LogP contribution is -2.40. The second-order valence-corrected chi connectivity index (χ2v) is 8.08. The number of aliphatic imine (C=N–C) groups is 1. The predicted octanol–water partition coefficient (Wildman–Crippen LogP) is 3.53. The molecule has 2 aromatic carbocycles. The van der Waals surface area contributed by atoms with Gasteiger partial charge in [-0.15, -0.1) is 24.0 Å². The molecule has 0 spiro atoms. The average Bonchev–Trinajstić information content (AvgIpc) is 2.65. The fraction of sp³-hybridized carbons (Fsp3) is 0.316.